The number of hydrogen-bond donors (Lipinski definition) is 0. The first-order valence-corrected chi connectivity index (χ1v) is 4.77. The van der Waals surface area contributed by atoms with Crippen molar-refractivity contribution in [2.75, 3.05) is 7.11 Å². The van der Waals surface area contributed by atoms with E-state index in [9.17, 15) is 4.79 Å². The fourth-order valence-corrected chi connectivity index (χ4v) is 1.92. The van der Waals surface area contributed by atoms with E-state index in [1.54, 1.807) is 12.1 Å². The third kappa shape index (κ3) is 2.23. The fraction of sp³-hybridized carbons (Fsp3) is 0.222. The number of benzene rings is 1. The number of rotatable bonds is 2. The molecule has 0 radical (unpaired) electrons. The molecule has 1 aromatic carbocycles. The van der Waals surface area contributed by atoms with Gasteiger partial charge in [-0.2, -0.15) is 0 Å². The van der Waals surface area contributed by atoms with Crippen molar-refractivity contribution in [3.63, 3.8) is 0 Å². The lowest BCUT2D eigenvalue weighted by Gasteiger charge is -2.07. The van der Waals surface area contributed by atoms with Crippen LogP contribution in [-0.4, -0.2) is 12.9 Å². The zero-order chi connectivity index (χ0) is 10.0. The van der Waals surface area contributed by atoms with Gasteiger partial charge >= 0.3 is 0 Å². The minimum absolute atomic E-state index is 0.0694. The first kappa shape index (κ1) is 10.5. The molecule has 0 N–H and O–H groups in total. The topological polar surface area (TPSA) is 26.3 Å². The van der Waals surface area contributed by atoms with Gasteiger partial charge in [-0.3, -0.25) is 4.79 Å². The number of halogens is 2. The highest BCUT2D eigenvalue weighted by atomic mass is 79.9. The highest BCUT2D eigenvalue weighted by molar-refractivity contribution is 9.10. The van der Waals surface area contributed by atoms with Crippen LogP contribution >= 0.6 is 27.5 Å². The minimum atomic E-state index is -0.0694. The summed E-state index contributed by atoms with van der Waals surface area (Å²) in [5.41, 5.74) is 0.488. The number of carbonyl (C=O) groups is 1. The highest BCUT2D eigenvalue weighted by Gasteiger charge is 2.12. The SMILES string of the molecule is COc1c(Cl)cc(Br)cc1C(C)=O. The van der Waals surface area contributed by atoms with Crippen LogP contribution in [0.1, 0.15) is 17.3 Å². The summed E-state index contributed by atoms with van der Waals surface area (Å²) >= 11 is 9.12. The van der Waals surface area contributed by atoms with Crippen LogP contribution < -0.4 is 4.74 Å². The van der Waals surface area contributed by atoms with Crippen LogP contribution in [0.4, 0.5) is 0 Å². The Balaban J connectivity index is 3.38. The van der Waals surface area contributed by atoms with Gasteiger partial charge in [0.25, 0.3) is 0 Å². The van der Waals surface area contributed by atoms with Crippen molar-refractivity contribution in [3.8, 4) is 5.75 Å². The van der Waals surface area contributed by atoms with Crippen molar-refractivity contribution in [1.82, 2.24) is 0 Å². The Morgan fingerprint density at radius 1 is 1.54 bits per heavy atom. The Kier molecular flexibility index (Phi) is 3.33. The standard InChI is InChI=1S/C9H8BrClO2/c1-5(12)7-3-6(10)4-8(11)9(7)13-2/h3-4H,1-2H3. The maximum atomic E-state index is 11.2. The summed E-state index contributed by atoms with van der Waals surface area (Å²) in [5, 5.41) is 0.432. The maximum Gasteiger partial charge on any atom is 0.163 e. The molecule has 0 heterocycles. The molecule has 2 nitrogen and oxygen atoms in total. The van der Waals surface area contributed by atoms with Gasteiger partial charge in [-0.15, -0.1) is 0 Å². The number of carbonyl (C=O) groups excluding carboxylic acids is 1. The second-order valence-corrected chi connectivity index (χ2v) is 3.85. The average molecular weight is 264 g/mol. The molecular weight excluding hydrogens is 255 g/mol. The van der Waals surface area contributed by atoms with E-state index in [1.165, 1.54) is 14.0 Å². The molecule has 1 aromatic rings. The molecule has 0 unspecified atom stereocenters. The van der Waals surface area contributed by atoms with Crippen LogP contribution in [0.15, 0.2) is 16.6 Å². The smallest absolute Gasteiger partial charge is 0.163 e. The normalized spacial score (nSPS) is 9.85. The first-order chi connectivity index (χ1) is 6.06. The Morgan fingerprint density at radius 2 is 2.15 bits per heavy atom. The zero-order valence-electron chi connectivity index (χ0n) is 7.23. The summed E-state index contributed by atoms with van der Waals surface area (Å²) in [6.45, 7) is 1.47. The minimum Gasteiger partial charge on any atom is -0.494 e. The molecule has 1 rings (SSSR count). The predicted molar refractivity (Wildman–Crippen MR) is 55.7 cm³/mol. The lowest BCUT2D eigenvalue weighted by Crippen LogP contribution is -1.98. The second kappa shape index (κ2) is 4.11. The molecule has 0 aliphatic rings. The van der Waals surface area contributed by atoms with Gasteiger partial charge in [0.1, 0.15) is 5.75 Å². The third-order valence-electron chi connectivity index (χ3n) is 1.59. The van der Waals surface area contributed by atoms with Gasteiger partial charge in [0, 0.05) is 4.47 Å². The molecule has 0 bridgehead atoms. The molecule has 0 saturated carbocycles. The van der Waals surface area contributed by atoms with Crippen LogP contribution in [0.2, 0.25) is 5.02 Å². The van der Waals surface area contributed by atoms with Crippen LogP contribution in [-0.2, 0) is 0 Å². The quantitative estimate of drug-likeness (QED) is 0.765. The molecule has 0 fully saturated rings. The highest BCUT2D eigenvalue weighted by Crippen LogP contribution is 2.32. The molecule has 0 aliphatic heterocycles. The van der Waals surface area contributed by atoms with Gasteiger partial charge < -0.3 is 4.74 Å². The van der Waals surface area contributed by atoms with Gasteiger partial charge in [-0.25, -0.2) is 0 Å². The molecule has 0 spiro atoms. The summed E-state index contributed by atoms with van der Waals surface area (Å²) in [6.07, 6.45) is 0. The van der Waals surface area contributed by atoms with Gasteiger partial charge in [0.15, 0.2) is 5.78 Å². The zero-order valence-corrected chi connectivity index (χ0v) is 9.57. The molecule has 4 heteroatoms. The van der Waals surface area contributed by atoms with Crippen LogP contribution in [0, 0.1) is 0 Å². The molecule has 0 aromatic heterocycles. The summed E-state index contributed by atoms with van der Waals surface area (Å²) in [5.74, 6) is 0.359. The van der Waals surface area contributed by atoms with E-state index in [-0.39, 0.29) is 5.78 Å². The third-order valence-corrected chi connectivity index (χ3v) is 2.33. The lowest BCUT2D eigenvalue weighted by atomic mass is 10.1. The molecule has 13 heavy (non-hydrogen) atoms. The van der Waals surface area contributed by atoms with Crippen molar-refractivity contribution in [2.45, 2.75) is 6.92 Å². The van der Waals surface area contributed by atoms with E-state index < -0.39 is 0 Å². The molecule has 0 atom stereocenters. The van der Waals surface area contributed by atoms with Crippen molar-refractivity contribution >= 4 is 33.3 Å². The average Bonchev–Trinajstić information content (AvgIpc) is 2.02. The number of ether oxygens (including phenoxy) is 1. The second-order valence-electron chi connectivity index (χ2n) is 2.52. The van der Waals surface area contributed by atoms with Crippen molar-refractivity contribution in [1.29, 1.82) is 0 Å². The Morgan fingerprint density at radius 3 is 2.62 bits per heavy atom. The van der Waals surface area contributed by atoms with Crippen molar-refractivity contribution in [2.24, 2.45) is 0 Å². The molecule has 0 saturated heterocycles. The first-order valence-electron chi connectivity index (χ1n) is 3.60. The van der Waals surface area contributed by atoms with Crippen LogP contribution in [0.25, 0.3) is 0 Å². The van der Waals surface area contributed by atoms with Gasteiger partial charge in [0.05, 0.1) is 17.7 Å². The van der Waals surface area contributed by atoms with E-state index >= 15 is 0 Å². The maximum absolute atomic E-state index is 11.2. The number of ketones is 1. The molecule has 0 amide bonds. The Bertz CT molecular complexity index is 350. The van der Waals surface area contributed by atoms with Crippen molar-refractivity contribution in [3.05, 3.63) is 27.2 Å². The summed E-state index contributed by atoms with van der Waals surface area (Å²) in [7, 11) is 1.49. The number of Topliss-reactive ketones (excluding diaryl/α,β-unsaturated/α-hetero) is 1. The largest absolute Gasteiger partial charge is 0.494 e. The van der Waals surface area contributed by atoms with Gasteiger partial charge in [-0.1, -0.05) is 27.5 Å². The Hall–Kier alpha value is -0.540. The number of methoxy groups -OCH3 is 1. The Labute approximate surface area is 90.0 Å². The van der Waals surface area contributed by atoms with E-state index in [1.807, 2.05) is 0 Å². The van der Waals surface area contributed by atoms with Crippen LogP contribution in [0.5, 0.6) is 5.75 Å². The summed E-state index contributed by atoms with van der Waals surface area (Å²) in [6, 6.07) is 3.37. The molecular formula is C9H8BrClO2. The molecule has 0 aliphatic carbocycles. The van der Waals surface area contributed by atoms with Crippen LogP contribution in [0.3, 0.4) is 0 Å². The monoisotopic (exact) mass is 262 g/mol. The lowest BCUT2D eigenvalue weighted by molar-refractivity contribution is 0.101. The summed E-state index contributed by atoms with van der Waals surface area (Å²) < 4.78 is 5.79. The van der Waals surface area contributed by atoms with E-state index in [0.29, 0.717) is 16.3 Å². The number of hydrogen-bond acceptors (Lipinski definition) is 2. The van der Waals surface area contributed by atoms with E-state index in [2.05, 4.69) is 15.9 Å². The van der Waals surface area contributed by atoms with E-state index in [4.69, 9.17) is 16.3 Å². The van der Waals surface area contributed by atoms with Gasteiger partial charge in [-0.05, 0) is 19.1 Å². The summed E-state index contributed by atoms with van der Waals surface area (Å²) in [4.78, 5) is 11.2. The fourth-order valence-electron chi connectivity index (χ4n) is 1.03. The van der Waals surface area contributed by atoms with Gasteiger partial charge in [0.2, 0.25) is 0 Å². The van der Waals surface area contributed by atoms with E-state index in [0.717, 1.165) is 4.47 Å². The predicted octanol–water partition coefficient (Wildman–Crippen LogP) is 3.31. The van der Waals surface area contributed by atoms with Crippen molar-refractivity contribution < 1.29 is 9.53 Å². The molecule has 70 valence electrons.